The van der Waals surface area contributed by atoms with Gasteiger partial charge in [-0.15, -0.1) is 6.58 Å². The fraction of sp³-hybridized carbons (Fsp3) is 0.312. The van der Waals surface area contributed by atoms with Crippen LogP contribution in [0, 0.1) is 0 Å². The molecule has 0 aromatic heterocycles. The number of nitrogens with one attached hydrogen (secondary N) is 3. The number of esters is 1. The van der Waals surface area contributed by atoms with Crippen LogP contribution in [0.2, 0.25) is 5.02 Å². The van der Waals surface area contributed by atoms with E-state index in [-0.39, 0.29) is 34.5 Å². The standard InChI is InChI=1S/C16H20ClN3O6S/c1-3-7-20-27(24,25)13-8-11(5-6-12(13)17)16(23)26-10-15(22)19-9-14(21)18-4-2/h3,5-6,8,20H,1,4,7,9-10H2,2H3,(H,18,21)(H,19,22). The minimum absolute atomic E-state index is 0.0148. The van der Waals surface area contributed by atoms with Gasteiger partial charge < -0.3 is 15.4 Å². The van der Waals surface area contributed by atoms with E-state index in [1.165, 1.54) is 18.2 Å². The summed E-state index contributed by atoms with van der Waals surface area (Å²) in [4.78, 5) is 34.5. The molecule has 3 N–H and O–H groups in total. The number of carbonyl (C=O) groups excluding carboxylic acids is 3. The average molecular weight is 418 g/mol. The second kappa shape index (κ2) is 10.7. The number of hydrogen-bond acceptors (Lipinski definition) is 6. The summed E-state index contributed by atoms with van der Waals surface area (Å²) >= 11 is 5.89. The number of likely N-dealkylation sites (N-methyl/N-ethyl adjacent to an activating group) is 1. The minimum Gasteiger partial charge on any atom is -0.452 e. The molecule has 0 saturated heterocycles. The van der Waals surface area contributed by atoms with Gasteiger partial charge in [-0.2, -0.15) is 0 Å². The quantitative estimate of drug-likeness (QED) is 0.368. The average Bonchev–Trinajstić information content (AvgIpc) is 2.63. The van der Waals surface area contributed by atoms with E-state index in [1.807, 2.05) is 0 Å². The molecule has 0 bridgehead atoms. The van der Waals surface area contributed by atoms with Gasteiger partial charge in [0.25, 0.3) is 5.91 Å². The van der Waals surface area contributed by atoms with Crippen molar-refractivity contribution in [3.05, 3.63) is 41.4 Å². The van der Waals surface area contributed by atoms with E-state index < -0.39 is 28.5 Å². The molecule has 0 heterocycles. The summed E-state index contributed by atoms with van der Waals surface area (Å²) in [5.74, 6) is -1.97. The summed E-state index contributed by atoms with van der Waals surface area (Å²) < 4.78 is 31.4. The zero-order chi connectivity index (χ0) is 20.4. The van der Waals surface area contributed by atoms with Crippen LogP contribution in [0.4, 0.5) is 0 Å². The van der Waals surface area contributed by atoms with Gasteiger partial charge in [-0.1, -0.05) is 17.7 Å². The van der Waals surface area contributed by atoms with Crippen molar-refractivity contribution in [3.63, 3.8) is 0 Å². The lowest BCUT2D eigenvalue weighted by molar-refractivity contribution is -0.127. The zero-order valence-corrected chi connectivity index (χ0v) is 16.2. The number of rotatable bonds is 10. The number of halogens is 1. The molecule has 2 amide bonds. The summed E-state index contributed by atoms with van der Waals surface area (Å²) in [6.07, 6.45) is 1.35. The van der Waals surface area contributed by atoms with Crippen LogP contribution in [0.15, 0.2) is 35.7 Å². The molecule has 0 aliphatic carbocycles. The van der Waals surface area contributed by atoms with Crippen LogP contribution in [-0.4, -0.2) is 52.4 Å². The maximum absolute atomic E-state index is 12.2. The molecule has 9 nitrogen and oxygen atoms in total. The third-order valence-corrected chi connectivity index (χ3v) is 4.93. The van der Waals surface area contributed by atoms with Crippen molar-refractivity contribution < 1.29 is 27.5 Å². The van der Waals surface area contributed by atoms with E-state index >= 15 is 0 Å². The molecule has 0 aliphatic rings. The van der Waals surface area contributed by atoms with Crippen LogP contribution in [0.25, 0.3) is 0 Å². The minimum atomic E-state index is -3.95. The first kappa shape index (κ1) is 22.6. The van der Waals surface area contributed by atoms with Crippen LogP contribution in [0.1, 0.15) is 17.3 Å². The Bertz CT molecular complexity index is 825. The SMILES string of the molecule is C=CCNS(=O)(=O)c1cc(C(=O)OCC(=O)NCC(=O)NCC)ccc1Cl. The molecule has 0 aliphatic heterocycles. The molecule has 1 rings (SSSR count). The highest BCUT2D eigenvalue weighted by atomic mass is 35.5. The summed E-state index contributed by atoms with van der Waals surface area (Å²) in [6.45, 7) is 4.67. The Morgan fingerprint density at radius 3 is 2.56 bits per heavy atom. The Morgan fingerprint density at radius 2 is 1.93 bits per heavy atom. The van der Waals surface area contributed by atoms with Crippen molar-refractivity contribution in [1.29, 1.82) is 0 Å². The van der Waals surface area contributed by atoms with E-state index in [0.29, 0.717) is 6.54 Å². The largest absolute Gasteiger partial charge is 0.452 e. The molecule has 11 heteroatoms. The molecule has 0 atom stereocenters. The molecule has 1 aromatic carbocycles. The van der Waals surface area contributed by atoms with E-state index in [4.69, 9.17) is 16.3 Å². The Hall–Kier alpha value is -2.43. The number of hydrogen-bond donors (Lipinski definition) is 3. The van der Waals surface area contributed by atoms with Crippen molar-refractivity contribution in [1.82, 2.24) is 15.4 Å². The number of benzene rings is 1. The molecular weight excluding hydrogens is 398 g/mol. The molecule has 27 heavy (non-hydrogen) atoms. The topological polar surface area (TPSA) is 131 Å². The zero-order valence-electron chi connectivity index (χ0n) is 14.6. The smallest absolute Gasteiger partial charge is 0.338 e. The third kappa shape index (κ3) is 7.37. The molecular formula is C16H20ClN3O6S. The predicted molar refractivity (Wildman–Crippen MR) is 98.8 cm³/mol. The third-order valence-electron chi connectivity index (χ3n) is 3.03. The van der Waals surface area contributed by atoms with Crippen molar-refractivity contribution in [3.8, 4) is 0 Å². The second-order valence-electron chi connectivity index (χ2n) is 5.09. The lowest BCUT2D eigenvalue weighted by Gasteiger charge is -2.10. The van der Waals surface area contributed by atoms with E-state index in [9.17, 15) is 22.8 Å². The molecule has 0 spiro atoms. The highest BCUT2D eigenvalue weighted by molar-refractivity contribution is 7.89. The van der Waals surface area contributed by atoms with Gasteiger partial charge >= 0.3 is 5.97 Å². The Kier molecular flexibility index (Phi) is 8.92. The highest BCUT2D eigenvalue weighted by Gasteiger charge is 2.20. The van der Waals surface area contributed by atoms with E-state index in [0.717, 1.165) is 6.07 Å². The van der Waals surface area contributed by atoms with Crippen LogP contribution < -0.4 is 15.4 Å². The molecule has 0 saturated carbocycles. The van der Waals surface area contributed by atoms with Gasteiger partial charge in [-0.3, -0.25) is 9.59 Å². The summed E-state index contributed by atoms with van der Waals surface area (Å²) in [5.41, 5.74) is -0.102. The first-order valence-electron chi connectivity index (χ1n) is 7.82. The lowest BCUT2D eigenvalue weighted by atomic mass is 10.2. The summed E-state index contributed by atoms with van der Waals surface area (Å²) in [7, 11) is -3.95. The monoisotopic (exact) mass is 417 g/mol. The number of carbonyl (C=O) groups is 3. The van der Waals surface area contributed by atoms with Crippen LogP contribution >= 0.6 is 11.6 Å². The summed E-state index contributed by atoms with van der Waals surface area (Å²) in [6, 6.07) is 3.54. The van der Waals surface area contributed by atoms with Crippen molar-refractivity contribution in [2.24, 2.45) is 0 Å². The van der Waals surface area contributed by atoms with E-state index in [1.54, 1.807) is 6.92 Å². The number of sulfonamides is 1. The number of amides is 2. The second-order valence-corrected chi connectivity index (χ2v) is 7.23. The van der Waals surface area contributed by atoms with Gasteiger partial charge in [-0.25, -0.2) is 17.9 Å². The van der Waals surface area contributed by atoms with Crippen LogP contribution in [0.5, 0.6) is 0 Å². The molecule has 0 fully saturated rings. The van der Waals surface area contributed by atoms with Gasteiger partial charge in [0, 0.05) is 13.1 Å². The van der Waals surface area contributed by atoms with E-state index in [2.05, 4.69) is 21.9 Å². The fourth-order valence-corrected chi connectivity index (χ4v) is 3.31. The molecule has 0 unspecified atom stereocenters. The Balaban J connectivity index is 2.73. The van der Waals surface area contributed by atoms with Gasteiger partial charge in [0.2, 0.25) is 15.9 Å². The van der Waals surface area contributed by atoms with Gasteiger partial charge in [0.1, 0.15) is 4.90 Å². The lowest BCUT2D eigenvalue weighted by Crippen LogP contribution is -2.38. The number of ether oxygens (including phenoxy) is 1. The fourth-order valence-electron chi connectivity index (χ4n) is 1.79. The van der Waals surface area contributed by atoms with Gasteiger partial charge in [0.15, 0.2) is 6.61 Å². The van der Waals surface area contributed by atoms with Crippen LogP contribution in [0.3, 0.4) is 0 Å². The highest BCUT2D eigenvalue weighted by Crippen LogP contribution is 2.23. The summed E-state index contributed by atoms with van der Waals surface area (Å²) in [5, 5.41) is 4.69. The normalized spacial score (nSPS) is 10.7. The first-order chi connectivity index (χ1) is 12.7. The Labute approximate surface area is 162 Å². The van der Waals surface area contributed by atoms with Crippen molar-refractivity contribution in [2.45, 2.75) is 11.8 Å². The molecule has 148 valence electrons. The molecule has 0 radical (unpaired) electrons. The van der Waals surface area contributed by atoms with Gasteiger partial charge in [-0.05, 0) is 25.1 Å². The first-order valence-corrected chi connectivity index (χ1v) is 9.68. The van der Waals surface area contributed by atoms with Crippen molar-refractivity contribution in [2.75, 3.05) is 26.2 Å². The van der Waals surface area contributed by atoms with Crippen LogP contribution in [-0.2, 0) is 24.3 Å². The maximum atomic E-state index is 12.2. The van der Waals surface area contributed by atoms with Crippen molar-refractivity contribution >= 4 is 39.4 Å². The Morgan fingerprint density at radius 1 is 1.22 bits per heavy atom. The predicted octanol–water partition coefficient (Wildman–Crippen LogP) is 0.213. The molecule has 1 aromatic rings. The maximum Gasteiger partial charge on any atom is 0.338 e. The van der Waals surface area contributed by atoms with Gasteiger partial charge in [0.05, 0.1) is 17.1 Å².